The highest BCUT2D eigenvalue weighted by Crippen LogP contribution is 2.02. The zero-order chi connectivity index (χ0) is 7.98. The monoisotopic (exact) mass is 146 g/mol. The van der Waals surface area contributed by atoms with Crippen molar-refractivity contribution in [2.24, 2.45) is 5.92 Å². The highest BCUT2D eigenvalue weighted by Gasteiger charge is 2.11. The van der Waals surface area contributed by atoms with E-state index < -0.39 is 0 Å². The van der Waals surface area contributed by atoms with Gasteiger partial charge in [0.2, 0.25) is 0 Å². The van der Waals surface area contributed by atoms with E-state index in [1.807, 2.05) is 13.8 Å². The van der Waals surface area contributed by atoms with E-state index in [-0.39, 0.29) is 18.8 Å². The Morgan fingerprint density at radius 2 is 2.10 bits per heavy atom. The molecule has 0 aliphatic heterocycles. The fourth-order valence-electron chi connectivity index (χ4n) is 0.535. The second kappa shape index (κ2) is 5.38. The zero-order valence-corrected chi connectivity index (χ0v) is 6.66. The highest BCUT2D eigenvalue weighted by atomic mass is 16.7. The molecule has 0 heterocycles. The molecule has 0 fully saturated rings. The van der Waals surface area contributed by atoms with Crippen molar-refractivity contribution in [1.29, 1.82) is 0 Å². The molecule has 0 aliphatic rings. The molecule has 0 saturated carbocycles. The standard InChI is InChI=1S/C7H14O3/c1-6(2)7(4-8)10-5-9-3/h4,6-7H,5H2,1-3H3/t7-/m1/s1. The van der Waals surface area contributed by atoms with Crippen molar-refractivity contribution < 1.29 is 14.3 Å². The summed E-state index contributed by atoms with van der Waals surface area (Å²) in [4.78, 5) is 10.3. The molecule has 0 spiro atoms. The van der Waals surface area contributed by atoms with Crippen molar-refractivity contribution in [1.82, 2.24) is 0 Å². The van der Waals surface area contributed by atoms with Crippen molar-refractivity contribution in [2.75, 3.05) is 13.9 Å². The molecule has 10 heavy (non-hydrogen) atoms. The van der Waals surface area contributed by atoms with E-state index in [9.17, 15) is 4.79 Å². The van der Waals surface area contributed by atoms with Gasteiger partial charge in [0.15, 0.2) is 0 Å². The van der Waals surface area contributed by atoms with Crippen LogP contribution in [0, 0.1) is 5.92 Å². The Morgan fingerprint density at radius 3 is 2.40 bits per heavy atom. The van der Waals surface area contributed by atoms with Gasteiger partial charge in [0.25, 0.3) is 0 Å². The molecule has 0 aromatic carbocycles. The number of carbonyl (C=O) groups is 1. The summed E-state index contributed by atoms with van der Waals surface area (Å²) in [5.74, 6) is 0.215. The lowest BCUT2D eigenvalue weighted by Gasteiger charge is -2.13. The van der Waals surface area contributed by atoms with Gasteiger partial charge in [-0.3, -0.25) is 0 Å². The van der Waals surface area contributed by atoms with Crippen molar-refractivity contribution in [3.63, 3.8) is 0 Å². The quantitative estimate of drug-likeness (QED) is 0.425. The Bertz CT molecular complexity index is 90.9. The largest absolute Gasteiger partial charge is 0.359 e. The summed E-state index contributed by atoms with van der Waals surface area (Å²) in [7, 11) is 1.53. The second-order valence-corrected chi connectivity index (χ2v) is 2.42. The van der Waals surface area contributed by atoms with Gasteiger partial charge in [-0.25, -0.2) is 0 Å². The summed E-state index contributed by atoms with van der Waals surface area (Å²) in [5.41, 5.74) is 0. The van der Waals surface area contributed by atoms with Crippen LogP contribution in [0.15, 0.2) is 0 Å². The minimum atomic E-state index is -0.333. The predicted molar refractivity (Wildman–Crippen MR) is 37.7 cm³/mol. The van der Waals surface area contributed by atoms with Crippen LogP contribution >= 0.6 is 0 Å². The van der Waals surface area contributed by atoms with E-state index in [2.05, 4.69) is 4.74 Å². The molecule has 0 bridgehead atoms. The molecule has 60 valence electrons. The molecule has 0 rings (SSSR count). The highest BCUT2D eigenvalue weighted by molar-refractivity contribution is 5.56. The molecule has 1 atom stereocenters. The Hall–Kier alpha value is -0.410. The summed E-state index contributed by atoms with van der Waals surface area (Å²) in [5, 5.41) is 0. The lowest BCUT2D eigenvalue weighted by molar-refractivity contribution is -0.131. The van der Waals surface area contributed by atoms with Gasteiger partial charge in [0.1, 0.15) is 19.2 Å². The van der Waals surface area contributed by atoms with E-state index in [0.717, 1.165) is 6.29 Å². The Kier molecular flexibility index (Phi) is 5.16. The van der Waals surface area contributed by atoms with Gasteiger partial charge in [0, 0.05) is 7.11 Å². The molecule has 3 heteroatoms. The zero-order valence-electron chi connectivity index (χ0n) is 6.66. The number of hydrogen-bond donors (Lipinski definition) is 0. The van der Waals surface area contributed by atoms with Crippen LogP contribution in [0.2, 0.25) is 0 Å². The summed E-state index contributed by atoms with van der Waals surface area (Å²) in [6.45, 7) is 4.03. The van der Waals surface area contributed by atoms with Crippen LogP contribution in [0.25, 0.3) is 0 Å². The van der Waals surface area contributed by atoms with Crippen molar-refractivity contribution in [3.05, 3.63) is 0 Å². The molecule has 0 aromatic heterocycles. The number of ether oxygens (including phenoxy) is 2. The molecule has 0 unspecified atom stereocenters. The van der Waals surface area contributed by atoms with Crippen LogP contribution in [-0.4, -0.2) is 26.3 Å². The Balaban J connectivity index is 3.50. The van der Waals surface area contributed by atoms with E-state index in [4.69, 9.17) is 4.74 Å². The molecule has 0 aromatic rings. The van der Waals surface area contributed by atoms with E-state index in [0.29, 0.717) is 0 Å². The summed E-state index contributed by atoms with van der Waals surface area (Å²) < 4.78 is 9.65. The second-order valence-electron chi connectivity index (χ2n) is 2.42. The summed E-state index contributed by atoms with van der Waals surface area (Å²) >= 11 is 0. The SMILES string of the molecule is COCO[C@H](C=O)C(C)C. The van der Waals surface area contributed by atoms with Gasteiger partial charge in [0.05, 0.1) is 0 Å². The number of hydrogen-bond acceptors (Lipinski definition) is 3. The maximum absolute atomic E-state index is 10.3. The fraction of sp³-hybridized carbons (Fsp3) is 0.857. The van der Waals surface area contributed by atoms with Gasteiger partial charge in [-0.05, 0) is 5.92 Å². The van der Waals surface area contributed by atoms with E-state index in [1.165, 1.54) is 7.11 Å². The molecule has 0 N–H and O–H groups in total. The number of rotatable bonds is 5. The number of methoxy groups -OCH3 is 1. The van der Waals surface area contributed by atoms with Crippen molar-refractivity contribution in [2.45, 2.75) is 20.0 Å². The van der Waals surface area contributed by atoms with Gasteiger partial charge >= 0.3 is 0 Å². The van der Waals surface area contributed by atoms with Gasteiger partial charge in [-0.2, -0.15) is 0 Å². The smallest absolute Gasteiger partial charge is 0.149 e. The topological polar surface area (TPSA) is 35.5 Å². The van der Waals surface area contributed by atoms with E-state index in [1.54, 1.807) is 0 Å². The fourth-order valence-corrected chi connectivity index (χ4v) is 0.535. The third-order valence-electron chi connectivity index (χ3n) is 1.17. The normalized spacial score (nSPS) is 13.6. The van der Waals surface area contributed by atoms with Crippen LogP contribution in [0.4, 0.5) is 0 Å². The molecule has 0 radical (unpaired) electrons. The van der Waals surface area contributed by atoms with Gasteiger partial charge in [-0.1, -0.05) is 13.8 Å². The average Bonchev–Trinajstić information content (AvgIpc) is 1.89. The maximum Gasteiger partial charge on any atom is 0.149 e. The number of carbonyl (C=O) groups excluding carboxylic acids is 1. The van der Waals surface area contributed by atoms with Crippen LogP contribution in [0.3, 0.4) is 0 Å². The molecule has 0 amide bonds. The van der Waals surface area contributed by atoms with Gasteiger partial charge in [-0.15, -0.1) is 0 Å². The van der Waals surface area contributed by atoms with Crippen molar-refractivity contribution in [3.8, 4) is 0 Å². The Morgan fingerprint density at radius 1 is 1.50 bits per heavy atom. The maximum atomic E-state index is 10.3. The molecule has 0 saturated heterocycles. The first-order valence-electron chi connectivity index (χ1n) is 3.28. The van der Waals surface area contributed by atoms with E-state index >= 15 is 0 Å². The average molecular weight is 146 g/mol. The molecule has 0 aliphatic carbocycles. The lowest BCUT2D eigenvalue weighted by atomic mass is 10.1. The van der Waals surface area contributed by atoms with Crippen LogP contribution < -0.4 is 0 Å². The predicted octanol–water partition coefficient (Wildman–Crippen LogP) is 0.830. The minimum absolute atomic E-state index is 0.182. The summed E-state index contributed by atoms with van der Waals surface area (Å²) in [6, 6.07) is 0. The molecular weight excluding hydrogens is 132 g/mol. The summed E-state index contributed by atoms with van der Waals surface area (Å²) in [6.07, 6.45) is 0.462. The minimum Gasteiger partial charge on any atom is -0.359 e. The van der Waals surface area contributed by atoms with Crippen LogP contribution in [0.5, 0.6) is 0 Å². The molecular formula is C7H14O3. The third kappa shape index (κ3) is 3.58. The third-order valence-corrected chi connectivity index (χ3v) is 1.17. The van der Waals surface area contributed by atoms with Crippen molar-refractivity contribution >= 4 is 6.29 Å². The first-order chi connectivity index (χ1) is 4.72. The van der Waals surface area contributed by atoms with Gasteiger partial charge < -0.3 is 14.3 Å². The Labute approximate surface area is 61.3 Å². The first kappa shape index (κ1) is 9.59. The number of aldehydes is 1. The lowest BCUT2D eigenvalue weighted by Crippen LogP contribution is -2.22. The first-order valence-corrected chi connectivity index (χ1v) is 3.28. The molecule has 3 nitrogen and oxygen atoms in total. The van der Waals surface area contributed by atoms with Crippen LogP contribution in [-0.2, 0) is 14.3 Å². The van der Waals surface area contributed by atoms with Crippen LogP contribution in [0.1, 0.15) is 13.8 Å².